The number of rotatable bonds is 6. The van der Waals surface area contributed by atoms with Gasteiger partial charge in [-0.2, -0.15) is 4.98 Å². The second kappa shape index (κ2) is 16.5. The van der Waals surface area contributed by atoms with E-state index in [4.69, 9.17) is 18.8 Å². The zero-order chi connectivity index (χ0) is 51.0. The van der Waals surface area contributed by atoms with Crippen LogP contribution in [0.4, 0.5) is 0 Å². The smallest absolute Gasteiger partial charge is 0.231 e. The van der Waals surface area contributed by atoms with E-state index in [2.05, 4.69) is 246 Å². The Kier molecular flexibility index (Phi) is 9.03. The van der Waals surface area contributed by atoms with Crippen LogP contribution >= 0.6 is 0 Å². The second-order valence-corrected chi connectivity index (χ2v) is 20.4. The molecule has 0 aliphatic carbocycles. The van der Waals surface area contributed by atoms with E-state index in [1.807, 2.05) is 18.2 Å². The lowest BCUT2D eigenvalue weighted by molar-refractivity contribution is 0.653. The Balaban J connectivity index is 0.915. The van der Waals surface area contributed by atoms with Crippen molar-refractivity contribution in [1.82, 2.24) is 19.1 Å². The van der Waals surface area contributed by atoms with Crippen LogP contribution in [0.1, 0.15) is 0 Å². The predicted molar refractivity (Wildman–Crippen MR) is 322 cm³/mol. The summed E-state index contributed by atoms with van der Waals surface area (Å²) >= 11 is 0. The SMILES string of the molecule is c1ccc(-c2ccc3oc4nc(-c5ccc(-n6c7ccc(-c8ccc9c(c8)c8ccccc8n9-c8ccccc8)cc7c7cc8ccccc8cc76)c6c5oc5c7ccccc7ccc56)nc(-c5ccccc5)c4c3c2)cc1. The maximum atomic E-state index is 7.31. The molecule has 0 atom stereocenters. The summed E-state index contributed by atoms with van der Waals surface area (Å²) in [6.07, 6.45) is 0. The Morgan fingerprint density at radius 1 is 0.308 bits per heavy atom. The largest absolute Gasteiger partial charge is 0.455 e. The standard InChI is InChI=1S/C72H42N4O2/c1-4-16-43(17-5-1)48-31-37-65-59(41-48)67-68(45-19-6-2-7-20-45)73-71(74-72(67)77-65)55-33-36-63(66-54-32-28-44-18-12-13-25-52(44)69(54)78-70(55)66)76-62-35-30-50(40-57(62)58-38-46-21-10-11-22-47(46)42-64(58)76)49-29-34-61-56(39-49)53-26-14-15-27-60(53)75(61)51-23-8-3-9-24-51/h1-42H. The quantitative estimate of drug-likeness (QED) is 0.167. The second-order valence-electron chi connectivity index (χ2n) is 20.4. The highest BCUT2D eigenvalue weighted by Gasteiger charge is 2.26. The van der Waals surface area contributed by atoms with Crippen molar-refractivity contribution in [3.8, 4) is 56.3 Å². The minimum absolute atomic E-state index is 0.518. The van der Waals surface area contributed by atoms with Gasteiger partial charge < -0.3 is 18.0 Å². The molecule has 17 rings (SSSR count). The zero-order valence-corrected chi connectivity index (χ0v) is 41.9. The molecule has 0 saturated heterocycles. The van der Waals surface area contributed by atoms with Crippen molar-refractivity contribution in [1.29, 1.82) is 0 Å². The third kappa shape index (κ3) is 6.31. The van der Waals surface area contributed by atoms with E-state index >= 15 is 0 Å². The van der Waals surface area contributed by atoms with Crippen LogP contribution in [0.25, 0.3) is 165 Å². The van der Waals surface area contributed by atoms with Crippen LogP contribution in [0.5, 0.6) is 0 Å². The molecule has 362 valence electrons. The van der Waals surface area contributed by atoms with Crippen molar-refractivity contribution < 1.29 is 8.83 Å². The monoisotopic (exact) mass is 994 g/mol. The van der Waals surface area contributed by atoms with Crippen molar-refractivity contribution in [3.05, 3.63) is 255 Å². The summed E-state index contributed by atoms with van der Waals surface area (Å²) in [5, 5.41) is 13.1. The van der Waals surface area contributed by atoms with Gasteiger partial charge in [0.15, 0.2) is 5.82 Å². The zero-order valence-electron chi connectivity index (χ0n) is 41.9. The Bertz CT molecular complexity index is 5320. The molecule has 0 bridgehead atoms. The first-order valence-electron chi connectivity index (χ1n) is 26.5. The van der Waals surface area contributed by atoms with E-state index in [9.17, 15) is 0 Å². The first-order valence-corrected chi connectivity index (χ1v) is 26.5. The molecule has 0 saturated carbocycles. The van der Waals surface area contributed by atoms with Crippen molar-refractivity contribution in [2.45, 2.75) is 0 Å². The maximum Gasteiger partial charge on any atom is 0.231 e. The Morgan fingerprint density at radius 3 is 1.68 bits per heavy atom. The third-order valence-electron chi connectivity index (χ3n) is 16.1. The number of hydrogen-bond acceptors (Lipinski definition) is 4. The number of aromatic nitrogens is 4. The lowest BCUT2D eigenvalue weighted by atomic mass is 10.00. The number of benzene rings is 12. The van der Waals surface area contributed by atoms with Gasteiger partial charge in [0.1, 0.15) is 16.7 Å². The first kappa shape index (κ1) is 42.8. The van der Waals surface area contributed by atoms with Gasteiger partial charge in [0.2, 0.25) is 5.71 Å². The number of nitrogens with zero attached hydrogens (tertiary/aromatic N) is 4. The van der Waals surface area contributed by atoms with Crippen LogP contribution in [-0.2, 0) is 0 Å². The maximum absolute atomic E-state index is 7.31. The molecule has 12 aromatic carbocycles. The summed E-state index contributed by atoms with van der Waals surface area (Å²) in [5.74, 6) is 0.519. The van der Waals surface area contributed by atoms with Crippen LogP contribution in [-0.4, -0.2) is 19.1 Å². The summed E-state index contributed by atoms with van der Waals surface area (Å²) in [6, 6.07) is 91.1. The fourth-order valence-corrected chi connectivity index (χ4v) is 12.5. The Morgan fingerprint density at radius 2 is 0.897 bits per heavy atom. The van der Waals surface area contributed by atoms with Crippen LogP contribution in [0, 0.1) is 0 Å². The van der Waals surface area contributed by atoms with Gasteiger partial charge in [-0.25, -0.2) is 4.98 Å². The fourth-order valence-electron chi connectivity index (χ4n) is 12.5. The summed E-state index contributed by atoms with van der Waals surface area (Å²) in [7, 11) is 0. The van der Waals surface area contributed by atoms with Crippen molar-refractivity contribution >= 4 is 109 Å². The van der Waals surface area contributed by atoms with E-state index in [1.165, 1.54) is 38.0 Å². The highest BCUT2D eigenvalue weighted by molar-refractivity contribution is 6.22. The van der Waals surface area contributed by atoms with Gasteiger partial charge in [-0.15, -0.1) is 0 Å². The van der Waals surface area contributed by atoms with Gasteiger partial charge >= 0.3 is 0 Å². The van der Waals surface area contributed by atoms with Gasteiger partial charge in [-0.05, 0) is 123 Å². The van der Waals surface area contributed by atoms with Gasteiger partial charge in [-0.3, -0.25) is 0 Å². The molecule has 5 heterocycles. The van der Waals surface area contributed by atoms with E-state index in [-0.39, 0.29) is 0 Å². The van der Waals surface area contributed by atoms with Gasteiger partial charge in [0.25, 0.3) is 0 Å². The third-order valence-corrected chi connectivity index (χ3v) is 16.1. The lowest BCUT2D eigenvalue weighted by Gasteiger charge is -2.13. The Hall–Kier alpha value is -10.6. The molecule has 0 unspecified atom stereocenters. The average Bonchev–Trinajstić information content (AvgIpc) is 4.41. The molecule has 5 aromatic heterocycles. The number of furan rings is 2. The lowest BCUT2D eigenvalue weighted by Crippen LogP contribution is -1.98. The summed E-state index contributed by atoms with van der Waals surface area (Å²) in [4.78, 5) is 10.9. The molecule has 0 aliphatic heterocycles. The molecule has 0 spiro atoms. The minimum atomic E-state index is 0.518. The molecule has 6 nitrogen and oxygen atoms in total. The molecule has 0 radical (unpaired) electrons. The summed E-state index contributed by atoms with van der Waals surface area (Å²) in [6.45, 7) is 0. The van der Waals surface area contributed by atoms with E-state index in [0.29, 0.717) is 17.1 Å². The molecular weight excluding hydrogens is 953 g/mol. The summed E-state index contributed by atoms with van der Waals surface area (Å²) in [5.41, 5.74) is 16.6. The van der Waals surface area contributed by atoms with Crippen molar-refractivity contribution in [2.75, 3.05) is 0 Å². The average molecular weight is 995 g/mol. The van der Waals surface area contributed by atoms with Crippen molar-refractivity contribution in [2.24, 2.45) is 0 Å². The topological polar surface area (TPSA) is 61.9 Å². The van der Waals surface area contributed by atoms with Crippen molar-refractivity contribution in [3.63, 3.8) is 0 Å². The van der Waals surface area contributed by atoms with E-state index < -0.39 is 0 Å². The molecular formula is C72H42N4O2. The van der Waals surface area contributed by atoms with Gasteiger partial charge in [0.05, 0.1) is 49.8 Å². The summed E-state index contributed by atoms with van der Waals surface area (Å²) < 4.78 is 18.9. The molecule has 6 heteroatoms. The molecule has 0 fully saturated rings. The molecule has 0 N–H and O–H groups in total. The number of para-hydroxylation sites is 2. The molecule has 0 aliphatic rings. The van der Waals surface area contributed by atoms with Crippen LogP contribution in [0.15, 0.2) is 264 Å². The van der Waals surface area contributed by atoms with Crippen LogP contribution in [0.2, 0.25) is 0 Å². The van der Waals surface area contributed by atoms with Gasteiger partial charge in [0, 0.05) is 49.0 Å². The number of fused-ring (bicyclic) bond motifs is 15. The Labute approximate surface area is 445 Å². The number of hydrogen-bond donors (Lipinski definition) is 0. The molecule has 17 aromatic rings. The van der Waals surface area contributed by atoms with Crippen LogP contribution in [0.3, 0.4) is 0 Å². The highest BCUT2D eigenvalue weighted by atomic mass is 16.3. The fraction of sp³-hybridized carbons (Fsp3) is 0. The van der Waals surface area contributed by atoms with E-state index in [0.717, 1.165) is 110 Å². The normalized spacial score (nSPS) is 12.1. The highest BCUT2D eigenvalue weighted by Crippen LogP contribution is 2.47. The van der Waals surface area contributed by atoms with E-state index in [1.54, 1.807) is 0 Å². The van der Waals surface area contributed by atoms with Crippen LogP contribution < -0.4 is 0 Å². The molecule has 0 amide bonds. The van der Waals surface area contributed by atoms with Gasteiger partial charge in [-0.1, -0.05) is 170 Å². The first-order chi connectivity index (χ1) is 38.7. The molecule has 78 heavy (non-hydrogen) atoms. The predicted octanol–water partition coefficient (Wildman–Crippen LogP) is 19.4. The minimum Gasteiger partial charge on any atom is -0.455 e.